The van der Waals surface area contributed by atoms with Crippen molar-refractivity contribution in [1.82, 2.24) is 0 Å². The molecule has 0 amide bonds. The van der Waals surface area contributed by atoms with Gasteiger partial charge in [-0.3, -0.25) is 0 Å². The van der Waals surface area contributed by atoms with Crippen molar-refractivity contribution in [3.8, 4) is 22.3 Å². The molecule has 0 saturated carbocycles. The second-order valence-corrected chi connectivity index (χ2v) is 17.4. The Morgan fingerprint density at radius 3 is 1.67 bits per heavy atom. The van der Waals surface area contributed by atoms with E-state index in [9.17, 15) is 0 Å². The fourth-order valence-electron chi connectivity index (χ4n) is 9.08. The van der Waals surface area contributed by atoms with Crippen LogP contribution in [0.15, 0.2) is 158 Å². The van der Waals surface area contributed by atoms with Crippen LogP contribution in [0.2, 0.25) is 0 Å². The van der Waals surface area contributed by atoms with Crippen molar-refractivity contribution in [1.29, 1.82) is 0 Å². The van der Waals surface area contributed by atoms with Gasteiger partial charge in [0.05, 0.1) is 5.69 Å². The third-order valence-electron chi connectivity index (χ3n) is 11.8. The summed E-state index contributed by atoms with van der Waals surface area (Å²) >= 11 is 0. The normalized spacial score (nSPS) is 14.7. The first-order chi connectivity index (χ1) is 26.0. The van der Waals surface area contributed by atoms with E-state index in [0.29, 0.717) is 0 Å². The van der Waals surface area contributed by atoms with Crippen molar-refractivity contribution in [2.75, 3.05) is 4.90 Å². The number of fused-ring (bicyclic) bond motifs is 4. The van der Waals surface area contributed by atoms with Gasteiger partial charge in [0.25, 0.3) is 0 Å². The SMILES string of the molecule is Cc1cc2c3c(c1)N(c1ccccc1-c1ccccc1)c1ccc(C(C)(C)C)cc1B3c1cc(C(C)(C)C)ccc1C2c1ccccc1-c1ccccc1. The van der Waals surface area contributed by atoms with Crippen LogP contribution < -0.4 is 21.3 Å². The quantitative estimate of drug-likeness (QED) is 0.166. The molecule has 0 aliphatic carbocycles. The van der Waals surface area contributed by atoms with Gasteiger partial charge >= 0.3 is 0 Å². The molecule has 2 heteroatoms. The van der Waals surface area contributed by atoms with Crippen molar-refractivity contribution >= 4 is 40.2 Å². The number of anilines is 3. The predicted octanol–water partition coefficient (Wildman–Crippen LogP) is 11.7. The highest BCUT2D eigenvalue weighted by Gasteiger charge is 2.45. The molecule has 7 aromatic carbocycles. The van der Waals surface area contributed by atoms with Crippen LogP contribution in [0, 0.1) is 6.92 Å². The largest absolute Gasteiger partial charge is 0.311 e. The van der Waals surface area contributed by atoms with E-state index in [-0.39, 0.29) is 23.5 Å². The Kier molecular flexibility index (Phi) is 8.09. The van der Waals surface area contributed by atoms with Crippen LogP contribution in [-0.2, 0) is 10.8 Å². The topological polar surface area (TPSA) is 3.24 Å². The molecular formula is C52H48BN. The molecule has 2 heterocycles. The molecule has 0 radical (unpaired) electrons. The Labute approximate surface area is 322 Å². The van der Waals surface area contributed by atoms with Gasteiger partial charge in [-0.25, -0.2) is 0 Å². The Bertz CT molecular complexity index is 2360. The van der Waals surface area contributed by atoms with E-state index in [4.69, 9.17) is 0 Å². The van der Waals surface area contributed by atoms with Gasteiger partial charge in [-0.2, -0.15) is 0 Å². The van der Waals surface area contributed by atoms with E-state index in [1.807, 2.05) is 0 Å². The van der Waals surface area contributed by atoms with Crippen LogP contribution in [-0.4, -0.2) is 6.71 Å². The Morgan fingerprint density at radius 2 is 1.00 bits per heavy atom. The minimum atomic E-state index is 0.000102. The minimum absolute atomic E-state index is 0.000102. The van der Waals surface area contributed by atoms with Crippen LogP contribution in [0.5, 0.6) is 0 Å². The predicted molar refractivity (Wildman–Crippen MR) is 233 cm³/mol. The van der Waals surface area contributed by atoms with Gasteiger partial charge in [-0.15, -0.1) is 0 Å². The number of benzene rings is 7. The summed E-state index contributed by atoms with van der Waals surface area (Å²) in [4.78, 5) is 2.59. The van der Waals surface area contributed by atoms with E-state index < -0.39 is 0 Å². The molecule has 1 atom stereocenters. The molecule has 2 aliphatic heterocycles. The lowest BCUT2D eigenvalue weighted by Gasteiger charge is -2.44. The molecule has 0 N–H and O–H groups in total. The van der Waals surface area contributed by atoms with E-state index in [1.165, 1.54) is 89.1 Å². The monoisotopic (exact) mass is 697 g/mol. The molecule has 0 saturated heterocycles. The second-order valence-electron chi connectivity index (χ2n) is 17.4. The highest BCUT2D eigenvalue weighted by molar-refractivity contribution is 6.99. The smallest absolute Gasteiger partial charge is 0.247 e. The van der Waals surface area contributed by atoms with Crippen LogP contribution in [0.4, 0.5) is 17.1 Å². The maximum Gasteiger partial charge on any atom is 0.247 e. The number of nitrogens with zero attached hydrogens (tertiary/aromatic N) is 1. The number of hydrogen-bond donors (Lipinski definition) is 0. The van der Waals surface area contributed by atoms with Crippen LogP contribution in [0.25, 0.3) is 22.3 Å². The van der Waals surface area contributed by atoms with Gasteiger partial charge in [0.2, 0.25) is 6.71 Å². The van der Waals surface area contributed by atoms with Crippen molar-refractivity contribution in [3.63, 3.8) is 0 Å². The molecule has 1 nitrogen and oxygen atoms in total. The summed E-state index contributed by atoms with van der Waals surface area (Å²) in [6, 6.07) is 59.6. The average Bonchev–Trinajstić information content (AvgIpc) is 3.17. The van der Waals surface area contributed by atoms with Gasteiger partial charge in [0.1, 0.15) is 0 Å². The lowest BCUT2D eigenvalue weighted by atomic mass is 9.30. The molecule has 0 spiro atoms. The highest BCUT2D eigenvalue weighted by Crippen LogP contribution is 2.47. The first kappa shape index (κ1) is 34.2. The molecule has 0 aromatic heterocycles. The highest BCUT2D eigenvalue weighted by atomic mass is 15.2. The number of hydrogen-bond acceptors (Lipinski definition) is 1. The summed E-state index contributed by atoms with van der Waals surface area (Å²) in [7, 11) is 0. The fourth-order valence-corrected chi connectivity index (χ4v) is 9.08. The minimum Gasteiger partial charge on any atom is -0.311 e. The summed E-state index contributed by atoms with van der Waals surface area (Å²) in [5, 5.41) is 0. The van der Waals surface area contributed by atoms with E-state index >= 15 is 0 Å². The Hall–Kier alpha value is -5.60. The average molecular weight is 698 g/mol. The van der Waals surface area contributed by atoms with Crippen molar-refractivity contribution in [2.24, 2.45) is 0 Å². The van der Waals surface area contributed by atoms with Crippen molar-refractivity contribution in [2.45, 2.75) is 65.2 Å². The number of rotatable bonds is 4. The lowest BCUT2D eigenvalue weighted by Crippen LogP contribution is -2.62. The van der Waals surface area contributed by atoms with E-state index in [2.05, 4.69) is 211 Å². The van der Waals surface area contributed by atoms with Crippen molar-refractivity contribution < 1.29 is 0 Å². The molecular weight excluding hydrogens is 649 g/mol. The third kappa shape index (κ3) is 5.63. The second kappa shape index (κ2) is 12.8. The molecule has 1 unspecified atom stereocenters. The number of aryl methyl sites for hydroxylation is 1. The van der Waals surface area contributed by atoms with Gasteiger partial charge in [-0.1, -0.05) is 187 Å². The zero-order chi connectivity index (χ0) is 37.4. The molecule has 9 rings (SSSR count). The van der Waals surface area contributed by atoms with Crippen LogP contribution in [0.3, 0.4) is 0 Å². The summed E-state index contributed by atoms with van der Waals surface area (Å²) in [6.07, 6.45) is 0. The first-order valence-corrected chi connectivity index (χ1v) is 19.5. The summed E-state index contributed by atoms with van der Waals surface area (Å²) in [5.74, 6) is 0.0638. The van der Waals surface area contributed by atoms with E-state index in [0.717, 1.165) is 0 Å². The Balaban J connectivity index is 1.41. The van der Waals surface area contributed by atoms with Crippen molar-refractivity contribution in [3.05, 3.63) is 191 Å². The maximum atomic E-state index is 2.59. The van der Waals surface area contributed by atoms with Crippen LogP contribution >= 0.6 is 0 Å². The summed E-state index contributed by atoms with van der Waals surface area (Å²) < 4.78 is 0. The third-order valence-corrected chi connectivity index (χ3v) is 11.8. The molecule has 2 aliphatic rings. The zero-order valence-corrected chi connectivity index (χ0v) is 32.6. The van der Waals surface area contributed by atoms with Gasteiger partial charge in [0, 0.05) is 22.9 Å². The summed E-state index contributed by atoms with van der Waals surface area (Å²) in [6.45, 7) is 16.4. The fraction of sp³-hybridized carbons (Fsp3) is 0.192. The molecule has 264 valence electrons. The van der Waals surface area contributed by atoms with Gasteiger partial charge in [-0.05, 0) is 96.9 Å². The molecule has 7 aromatic rings. The lowest BCUT2D eigenvalue weighted by molar-refractivity contribution is 0.590. The molecule has 0 bridgehead atoms. The first-order valence-electron chi connectivity index (χ1n) is 19.5. The Morgan fingerprint density at radius 1 is 0.444 bits per heavy atom. The van der Waals surface area contributed by atoms with Gasteiger partial charge in [0.15, 0.2) is 0 Å². The molecule has 54 heavy (non-hydrogen) atoms. The standard InChI is InChI=1S/C52H48BN/c1-34-30-43-49(41-24-15-14-22-39(41)35-18-10-8-11-19-35)42-28-26-37(51(2,3)4)32-44(42)53-45-33-38(52(5,6)7)27-29-47(45)54(48(31-34)50(43)53)46-25-17-16-23-40(46)36-20-12-9-13-21-36/h8-33,49H,1-7H3. The van der Waals surface area contributed by atoms with Crippen LogP contribution in [0.1, 0.15) is 80.8 Å². The van der Waals surface area contributed by atoms with E-state index in [1.54, 1.807) is 0 Å². The van der Waals surface area contributed by atoms with Gasteiger partial charge < -0.3 is 4.90 Å². The number of para-hydroxylation sites is 1. The zero-order valence-electron chi connectivity index (χ0n) is 32.6. The summed E-state index contributed by atoms with van der Waals surface area (Å²) in [5.41, 5.74) is 21.2. The maximum absolute atomic E-state index is 2.59. The molecule has 0 fully saturated rings.